The predicted molar refractivity (Wildman–Crippen MR) is 189 cm³/mol. The fourth-order valence-electron chi connectivity index (χ4n) is 9.35. The van der Waals surface area contributed by atoms with Crippen LogP contribution >= 0.6 is 0 Å². The Morgan fingerprint density at radius 1 is 0.419 bits per heavy atom. The van der Waals surface area contributed by atoms with Gasteiger partial charge in [-0.1, -0.05) is 26.7 Å². The van der Waals surface area contributed by atoms with Gasteiger partial charge in [-0.15, -0.1) is 0 Å². The summed E-state index contributed by atoms with van der Waals surface area (Å²) in [5.41, 5.74) is 0. The van der Waals surface area contributed by atoms with Gasteiger partial charge >= 0.3 is 10.0 Å². The standard InChI is InChI=1S/C34H74N4O2Si3/c1-7-29-42(31-25-35(3)17-9-10-18-35,32-26-36(4)19-11-12-20-36)39-41-40-43(30-8-2,33-27-37(5)21-13-14-22-37)34-28-38(6)23-15-16-24-38/h7-34H2,1-6H3/q+4. The fraction of sp³-hybridized carbons (Fsp3) is 1.00. The monoisotopic (exact) mass is 655 g/mol. The van der Waals surface area contributed by atoms with E-state index in [-0.39, 0.29) is 0 Å². The van der Waals surface area contributed by atoms with E-state index >= 15 is 0 Å². The number of rotatable bonds is 20. The van der Waals surface area contributed by atoms with Gasteiger partial charge < -0.3 is 26.2 Å². The molecule has 43 heavy (non-hydrogen) atoms. The van der Waals surface area contributed by atoms with Crippen molar-refractivity contribution < 1.29 is 26.2 Å². The number of hydrogen-bond donors (Lipinski definition) is 0. The number of quaternary nitrogens is 4. The second kappa shape index (κ2) is 16.0. The Hall–Kier alpha value is 0.411. The molecular weight excluding hydrogens is 581 g/mol. The predicted octanol–water partition coefficient (Wildman–Crippen LogP) is 6.23. The normalized spacial score (nSPS) is 24.7. The number of hydrogen-bond acceptors (Lipinski definition) is 2. The molecule has 0 N–H and O–H groups in total. The van der Waals surface area contributed by atoms with Gasteiger partial charge in [0.25, 0.3) is 0 Å². The SMILES string of the molecule is CCC[Si](CC[N+]1(C)CCCC1)(CC[N+]1(C)CCCC1)O[Si]O[Si](CCC)(CC[N+]1(C)CCCC1)CC[N+]1(C)CCCC1. The number of nitrogens with zero attached hydrogens (tertiary/aromatic N) is 4. The topological polar surface area (TPSA) is 18.5 Å². The van der Waals surface area contributed by atoms with E-state index in [2.05, 4.69) is 42.0 Å². The minimum absolute atomic E-state index is 0.291. The molecule has 2 radical (unpaired) electrons. The Bertz CT molecular complexity index is 704. The summed E-state index contributed by atoms with van der Waals surface area (Å²) in [6.45, 7) is 21.2. The molecule has 4 aliphatic heterocycles. The van der Waals surface area contributed by atoms with Gasteiger partial charge in [0.05, 0.1) is 107 Å². The smallest absolute Gasteiger partial charge is 0.410 e. The lowest BCUT2D eigenvalue weighted by atomic mass is 10.4. The molecular formula is C34H74N4O2Si3+4. The maximum atomic E-state index is 7.42. The van der Waals surface area contributed by atoms with E-state index in [0.29, 0.717) is 10.0 Å². The van der Waals surface area contributed by atoms with Crippen LogP contribution in [0.3, 0.4) is 0 Å². The highest BCUT2D eigenvalue weighted by atomic mass is 28.4. The van der Waals surface area contributed by atoms with Gasteiger partial charge in [0.2, 0.25) is 0 Å². The zero-order valence-electron chi connectivity index (χ0n) is 29.9. The van der Waals surface area contributed by atoms with Crippen molar-refractivity contribution in [2.45, 2.75) is 114 Å². The minimum atomic E-state index is -1.90. The molecule has 0 atom stereocenters. The van der Waals surface area contributed by atoms with Crippen LogP contribution in [0.25, 0.3) is 0 Å². The van der Waals surface area contributed by atoms with Crippen LogP contribution in [0.5, 0.6) is 0 Å². The van der Waals surface area contributed by atoms with E-state index in [1.807, 2.05) is 0 Å². The first-order valence-corrected chi connectivity index (χ1v) is 24.8. The summed E-state index contributed by atoms with van der Waals surface area (Å²) in [6.07, 6.45) is 13.9. The van der Waals surface area contributed by atoms with Crippen molar-refractivity contribution in [3.8, 4) is 0 Å². The summed E-state index contributed by atoms with van der Waals surface area (Å²) in [4.78, 5) is 0. The van der Waals surface area contributed by atoms with Gasteiger partial charge in [-0.25, -0.2) is 0 Å². The van der Waals surface area contributed by atoms with E-state index in [9.17, 15) is 0 Å². The molecule has 4 saturated heterocycles. The van der Waals surface area contributed by atoms with Gasteiger partial charge in [0.15, 0.2) is 16.6 Å². The zero-order chi connectivity index (χ0) is 30.9. The Balaban J connectivity index is 1.49. The average molecular weight is 655 g/mol. The molecule has 0 aromatic carbocycles. The van der Waals surface area contributed by atoms with Gasteiger partial charge in [-0.05, 0) is 12.1 Å². The van der Waals surface area contributed by atoms with Crippen molar-refractivity contribution in [1.29, 1.82) is 0 Å². The van der Waals surface area contributed by atoms with E-state index in [0.717, 1.165) is 0 Å². The Morgan fingerprint density at radius 3 is 0.860 bits per heavy atom. The van der Waals surface area contributed by atoms with Gasteiger partial charge in [0, 0.05) is 75.5 Å². The van der Waals surface area contributed by atoms with Crippen molar-refractivity contribution in [1.82, 2.24) is 0 Å². The largest absolute Gasteiger partial charge is 0.434 e. The van der Waals surface area contributed by atoms with E-state index in [1.54, 1.807) is 0 Å². The Kier molecular flexibility index (Phi) is 13.5. The molecule has 250 valence electrons. The highest BCUT2D eigenvalue weighted by Gasteiger charge is 2.45. The van der Waals surface area contributed by atoms with Crippen molar-refractivity contribution in [2.75, 3.05) is 107 Å². The summed E-state index contributed by atoms with van der Waals surface area (Å²) >= 11 is 0. The maximum absolute atomic E-state index is 7.42. The molecule has 0 spiro atoms. The zero-order valence-corrected chi connectivity index (χ0v) is 32.9. The molecule has 0 aliphatic carbocycles. The fourth-order valence-corrected chi connectivity index (χ4v) is 20.9. The second-order valence-corrected chi connectivity index (χ2v) is 26.7. The van der Waals surface area contributed by atoms with Gasteiger partial charge in [0.1, 0.15) is 0 Å². The van der Waals surface area contributed by atoms with Crippen molar-refractivity contribution in [2.24, 2.45) is 0 Å². The Morgan fingerprint density at radius 2 is 0.651 bits per heavy atom. The molecule has 0 aromatic heterocycles. The highest BCUT2D eigenvalue weighted by molar-refractivity contribution is 6.80. The first kappa shape index (κ1) is 36.3. The van der Waals surface area contributed by atoms with Crippen LogP contribution in [0.2, 0.25) is 36.3 Å². The van der Waals surface area contributed by atoms with Crippen molar-refractivity contribution in [3.63, 3.8) is 0 Å². The van der Waals surface area contributed by atoms with E-state index < -0.39 is 16.6 Å². The first-order chi connectivity index (χ1) is 20.5. The molecule has 6 nitrogen and oxygen atoms in total. The lowest BCUT2D eigenvalue weighted by Gasteiger charge is -2.41. The van der Waals surface area contributed by atoms with Crippen LogP contribution in [0, 0.1) is 0 Å². The molecule has 0 aromatic rings. The van der Waals surface area contributed by atoms with E-state index in [4.69, 9.17) is 8.23 Å². The molecule has 4 fully saturated rings. The number of likely N-dealkylation sites (tertiary alicyclic amines) is 4. The highest BCUT2D eigenvalue weighted by Crippen LogP contribution is 2.33. The summed E-state index contributed by atoms with van der Waals surface area (Å²) < 4.78 is 20.0. The van der Waals surface area contributed by atoms with Gasteiger partial charge in [-0.2, -0.15) is 0 Å². The molecule has 0 bridgehead atoms. The quantitative estimate of drug-likeness (QED) is 0.115. The summed E-state index contributed by atoms with van der Waals surface area (Å²) in [5.74, 6) is 0. The molecule has 4 rings (SSSR count). The van der Waals surface area contributed by atoms with Crippen LogP contribution < -0.4 is 0 Å². The minimum Gasteiger partial charge on any atom is -0.434 e. The van der Waals surface area contributed by atoms with Gasteiger partial charge in [-0.3, -0.25) is 0 Å². The summed E-state index contributed by atoms with van der Waals surface area (Å²) in [6, 6.07) is 8.05. The average Bonchev–Trinajstić information content (AvgIpc) is 3.80. The molecule has 0 amide bonds. The first-order valence-electron chi connectivity index (χ1n) is 18.9. The third kappa shape index (κ3) is 10.7. The third-order valence-corrected chi connectivity index (χ3v) is 24.4. The summed E-state index contributed by atoms with van der Waals surface area (Å²) in [7, 11) is 6.63. The molecule has 0 saturated carbocycles. The van der Waals surface area contributed by atoms with Crippen LogP contribution in [0.1, 0.15) is 78.1 Å². The second-order valence-electron chi connectivity index (χ2n) is 17.1. The molecule has 4 aliphatic rings. The van der Waals surface area contributed by atoms with Crippen LogP contribution in [-0.2, 0) is 8.23 Å². The van der Waals surface area contributed by atoms with Crippen molar-refractivity contribution in [3.05, 3.63) is 0 Å². The summed E-state index contributed by atoms with van der Waals surface area (Å²) in [5, 5.41) is 0. The third-order valence-electron chi connectivity index (χ3n) is 12.9. The maximum Gasteiger partial charge on any atom is 0.410 e. The molecule has 0 unspecified atom stereocenters. The Labute approximate surface area is 273 Å². The lowest BCUT2D eigenvalue weighted by Crippen LogP contribution is -2.54. The van der Waals surface area contributed by atoms with Crippen LogP contribution in [-0.4, -0.2) is 151 Å². The van der Waals surface area contributed by atoms with Crippen LogP contribution in [0.15, 0.2) is 0 Å². The molecule has 9 heteroatoms. The lowest BCUT2D eigenvalue weighted by molar-refractivity contribution is -0.896. The van der Waals surface area contributed by atoms with Crippen LogP contribution in [0.4, 0.5) is 0 Å². The van der Waals surface area contributed by atoms with E-state index in [1.165, 1.54) is 197 Å². The van der Waals surface area contributed by atoms with Crippen molar-refractivity contribution >= 4 is 26.6 Å². The molecule has 4 heterocycles.